The van der Waals surface area contributed by atoms with Crippen LogP contribution in [0.4, 0.5) is 5.69 Å². The summed E-state index contributed by atoms with van der Waals surface area (Å²) in [6.45, 7) is 3.34. The van der Waals surface area contributed by atoms with Crippen molar-refractivity contribution in [1.82, 2.24) is 14.8 Å². The van der Waals surface area contributed by atoms with E-state index in [1.807, 2.05) is 44.2 Å². The SMILES string of the molecule is COc1cc2c(cc1NC(=O)COC(=O)c1ccc(-n3nc(C)cc3C)nc1)oc1ccccc12. The van der Waals surface area contributed by atoms with Crippen LogP contribution in [0.1, 0.15) is 21.7 Å². The van der Waals surface area contributed by atoms with Crippen LogP contribution in [0.2, 0.25) is 0 Å². The summed E-state index contributed by atoms with van der Waals surface area (Å²) in [6, 6.07) is 16.3. The molecule has 1 N–H and O–H groups in total. The highest BCUT2D eigenvalue weighted by Crippen LogP contribution is 2.36. The number of pyridine rings is 1. The van der Waals surface area contributed by atoms with Gasteiger partial charge in [0.05, 0.1) is 24.1 Å². The number of hydrogen-bond donors (Lipinski definition) is 1. The zero-order valence-corrected chi connectivity index (χ0v) is 19.4. The molecule has 9 heteroatoms. The monoisotopic (exact) mass is 470 g/mol. The first-order valence-electron chi connectivity index (χ1n) is 10.9. The molecule has 0 aliphatic heterocycles. The molecule has 3 aromatic heterocycles. The molecule has 9 nitrogen and oxygen atoms in total. The number of nitrogens with zero attached hydrogens (tertiary/aromatic N) is 3. The number of aromatic nitrogens is 3. The minimum atomic E-state index is -0.660. The molecule has 5 rings (SSSR count). The van der Waals surface area contributed by atoms with E-state index in [-0.39, 0.29) is 5.56 Å². The van der Waals surface area contributed by atoms with Crippen molar-refractivity contribution in [3.8, 4) is 11.6 Å². The minimum absolute atomic E-state index is 0.226. The van der Waals surface area contributed by atoms with E-state index in [0.717, 1.165) is 27.7 Å². The summed E-state index contributed by atoms with van der Waals surface area (Å²) in [4.78, 5) is 29.2. The van der Waals surface area contributed by atoms with Gasteiger partial charge in [0, 0.05) is 28.7 Å². The highest BCUT2D eigenvalue weighted by Gasteiger charge is 2.16. The second-order valence-electron chi connectivity index (χ2n) is 8.02. The van der Waals surface area contributed by atoms with Gasteiger partial charge in [0.25, 0.3) is 5.91 Å². The normalized spacial score (nSPS) is 11.1. The number of fused-ring (bicyclic) bond motifs is 3. The number of anilines is 1. The number of furan rings is 1. The van der Waals surface area contributed by atoms with Crippen molar-refractivity contribution in [2.24, 2.45) is 0 Å². The number of carbonyl (C=O) groups is 2. The summed E-state index contributed by atoms with van der Waals surface area (Å²) in [7, 11) is 1.52. The average Bonchev–Trinajstić information content (AvgIpc) is 3.40. The molecule has 0 aliphatic carbocycles. The Balaban J connectivity index is 1.26. The Labute approximate surface area is 200 Å². The molecule has 0 atom stereocenters. The van der Waals surface area contributed by atoms with Gasteiger partial charge in [-0.3, -0.25) is 4.79 Å². The summed E-state index contributed by atoms with van der Waals surface area (Å²) in [5, 5.41) is 8.91. The van der Waals surface area contributed by atoms with E-state index in [4.69, 9.17) is 13.9 Å². The van der Waals surface area contributed by atoms with E-state index in [1.165, 1.54) is 13.3 Å². The first kappa shape index (κ1) is 22.1. The number of para-hydroxylation sites is 1. The van der Waals surface area contributed by atoms with Crippen LogP contribution in [0.5, 0.6) is 5.75 Å². The third-order valence-corrected chi connectivity index (χ3v) is 5.52. The molecular weight excluding hydrogens is 448 g/mol. The van der Waals surface area contributed by atoms with Crippen LogP contribution < -0.4 is 10.1 Å². The summed E-state index contributed by atoms with van der Waals surface area (Å²) in [5.74, 6) is -0.128. The molecule has 3 heterocycles. The van der Waals surface area contributed by atoms with E-state index in [0.29, 0.717) is 22.8 Å². The van der Waals surface area contributed by atoms with Crippen LogP contribution >= 0.6 is 0 Å². The molecule has 0 aliphatic rings. The zero-order valence-electron chi connectivity index (χ0n) is 19.4. The van der Waals surface area contributed by atoms with Crippen molar-refractivity contribution in [2.75, 3.05) is 19.0 Å². The molecule has 0 radical (unpaired) electrons. The van der Waals surface area contributed by atoms with Crippen molar-refractivity contribution in [1.29, 1.82) is 0 Å². The standard InChI is InChI=1S/C26H22N4O5/c1-15-10-16(2)30(29-15)24-9-8-17(13-27-24)26(32)34-14-25(31)28-20-12-22-19(11-23(20)33-3)18-6-4-5-7-21(18)35-22/h4-13H,14H2,1-3H3,(H,28,31). The number of hydrogen-bond acceptors (Lipinski definition) is 7. The maximum atomic E-state index is 12.5. The average molecular weight is 470 g/mol. The fraction of sp³-hybridized carbons (Fsp3) is 0.154. The lowest BCUT2D eigenvalue weighted by molar-refractivity contribution is -0.119. The number of methoxy groups -OCH3 is 1. The van der Waals surface area contributed by atoms with Crippen LogP contribution in [0, 0.1) is 13.8 Å². The van der Waals surface area contributed by atoms with Gasteiger partial charge in [-0.1, -0.05) is 18.2 Å². The van der Waals surface area contributed by atoms with Crippen molar-refractivity contribution in [2.45, 2.75) is 13.8 Å². The molecule has 1 amide bonds. The van der Waals surface area contributed by atoms with Crippen molar-refractivity contribution in [3.63, 3.8) is 0 Å². The molecule has 0 saturated carbocycles. The first-order valence-corrected chi connectivity index (χ1v) is 10.9. The van der Waals surface area contributed by atoms with Gasteiger partial charge in [-0.15, -0.1) is 0 Å². The number of amides is 1. The number of carbonyl (C=O) groups excluding carboxylic acids is 2. The smallest absolute Gasteiger partial charge is 0.340 e. The first-order chi connectivity index (χ1) is 16.9. The quantitative estimate of drug-likeness (QED) is 0.362. The van der Waals surface area contributed by atoms with Gasteiger partial charge in [-0.05, 0) is 44.2 Å². The van der Waals surface area contributed by atoms with Crippen molar-refractivity contribution >= 4 is 39.5 Å². The number of ether oxygens (including phenoxy) is 2. The van der Waals surface area contributed by atoms with Gasteiger partial charge in [0.2, 0.25) is 0 Å². The maximum Gasteiger partial charge on any atom is 0.340 e. The molecule has 0 saturated heterocycles. The molecule has 0 spiro atoms. The van der Waals surface area contributed by atoms with E-state index < -0.39 is 18.5 Å². The fourth-order valence-corrected chi connectivity index (χ4v) is 3.91. The second kappa shape index (κ2) is 8.94. The Hall–Kier alpha value is -4.66. The third-order valence-electron chi connectivity index (χ3n) is 5.52. The summed E-state index contributed by atoms with van der Waals surface area (Å²) < 4.78 is 18.2. The highest BCUT2D eigenvalue weighted by atomic mass is 16.5. The van der Waals surface area contributed by atoms with Gasteiger partial charge in [-0.2, -0.15) is 5.10 Å². The number of esters is 1. The lowest BCUT2D eigenvalue weighted by Crippen LogP contribution is -2.21. The van der Waals surface area contributed by atoms with Gasteiger partial charge < -0.3 is 19.2 Å². The number of nitrogens with one attached hydrogen (secondary N) is 1. The van der Waals surface area contributed by atoms with Crippen LogP contribution in [-0.2, 0) is 9.53 Å². The Kier molecular flexibility index (Phi) is 5.66. The molecule has 2 aromatic carbocycles. The Morgan fingerprint density at radius 3 is 2.57 bits per heavy atom. The zero-order chi connectivity index (χ0) is 24.5. The van der Waals surface area contributed by atoms with Gasteiger partial charge >= 0.3 is 5.97 Å². The predicted octanol–water partition coefficient (Wildman–Crippen LogP) is 4.59. The topological polar surface area (TPSA) is 108 Å². The van der Waals surface area contributed by atoms with Crippen molar-refractivity contribution in [3.05, 3.63) is 77.7 Å². The molecule has 35 heavy (non-hydrogen) atoms. The van der Waals surface area contributed by atoms with Gasteiger partial charge in [-0.25, -0.2) is 14.5 Å². The molecule has 0 bridgehead atoms. The van der Waals surface area contributed by atoms with Crippen LogP contribution in [0.3, 0.4) is 0 Å². The van der Waals surface area contributed by atoms with E-state index in [2.05, 4.69) is 15.4 Å². The minimum Gasteiger partial charge on any atom is -0.495 e. The largest absolute Gasteiger partial charge is 0.495 e. The van der Waals surface area contributed by atoms with E-state index >= 15 is 0 Å². The molecule has 176 valence electrons. The summed E-state index contributed by atoms with van der Waals surface area (Å²) >= 11 is 0. The molecule has 5 aromatic rings. The fourth-order valence-electron chi connectivity index (χ4n) is 3.91. The Bertz CT molecular complexity index is 1570. The maximum absolute atomic E-state index is 12.5. The van der Waals surface area contributed by atoms with Gasteiger partial charge in [0.15, 0.2) is 12.4 Å². The lowest BCUT2D eigenvalue weighted by atomic mass is 10.1. The van der Waals surface area contributed by atoms with Gasteiger partial charge in [0.1, 0.15) is 16.9 Å². The predicted molar refractivity (Wildman–Crippen MR) is 130 cm³/mol. The van der Waals surface area contributed by atoms with Crippen LogP contribution in [0.25, 0.3) is 27.8 Å². The molecule has 0 unspecified atom stereocenters. The molecule has 0 fully saturated rings. The number of rotatable bonds is 6. The second-order valence-corrected chi connectivity index (χ2v) is 8.02. The summed E-state index contributed by atoms with van der Waals surface area (Å²) in [5.41, 5.74) is 3.78. The lowest BCUT2D eigenvalue weighted by Gasteiger charge is -2.11. The van der Waals surface area contributed by atoms with Crippen LogP contribution in [0.15, 0.2) is 65.2 Å². The number of aryl methyl sites for hydroxylation is 2. The summed E-state index contributed by atoms with van der Waals surface area (Å²) in [6.07, 6.45) is 1.39. The van der Waals surface area contributed by atoms with E-state index in [9.17, 15) is 9.59 Å². The Morgan fingerprint density at radius 2 is 1.86 bits per heavy atom. The van der Waals surface area contributed by atoms with Crippen molar-refractivity contribution < 1.29 is 23.5 Å². The van der Waals surface area contributed by atoms with E-state index in [1.54, 1.807) is 28.9 Å². The molecular formula is C26H22N4O5. The highest BCUT2D eigenvalue weighted by molar-refractivity contribution is 6.08. The van der Waals surface area contributed by atoms with Crippen LogP contribution in [-0.4, -0.2) is 40.4 Å². The number of benzene rings is 2. The third kappa shape index (κ3) is 4.31. The Morgan fingerprint density at radius 1 is 1.03 bits per heavy atom.